The Hall–Kier alpha value is -3.52. The van der Waals surface area contributed by atoms with Crippen molar-refractivity contribution in [1.29, 1.82) is 0 Å². The number of nitrogens with zero attached hydrogens (tertiary/aromatic N) is 5. The zero-order valence-corrected chi connectivity index (χ0v) is 20.4. The first-order chi connectivity index (χ1) is 17.0. The lowest BCUT2D eigenvalue weighted by Crippen LogP contribution is -2.39. The molecule has 2 aliphatic rings. The van der Waals surface area contributed by atoms with Crippen molar-refractivity contribution in [2.45, 2.75) is 64.8 Å². The second kappa shape index (κ2) is 8.61. The van der Waals surface area contributed by atoms with Crippen LogP contribution < -0.4 is 10.5 Å². The minimum absolute atomic E-state index is 0.0849. The standard InChI is InChI=1S/C27H30N6O2/c1-16-11-20-14-22(27(34)28-23(20)12-17(16)2)25(33-18(3)13-19-7-4-5-9-24(19)33)26-29-30-31-32(26)15-21-8-6-10-35-21/h4-5,7,9,11-12,14,18,21,25H,6,8,10,13,15H2,1-3H3,(H,28,34)/t18-,21-,25-/m1/s1. The summed E-state index contributed by atoms with van der Waals surface area (Å²) >= 11 is 0. The molecule has 2 aromatic heterocycles. The molecule has 1 fully saturated rings. The van der Waals surface area contributed by atoms with Crippen molar-refractivity contribution in [3.63, 3.8) is 0 Å². The molecule has 0 bridgehead atoms. The third kappa shape index (κ3) is 3.82. The molecule has 180 valence electrons. The lowest BCUT2D eigenvalue weighted by molar-refractivity contribution is 0.0924. The summed E-state index contributed by atoms with van der Waals surface area (Å²) < 4.78 is 7.71. The fourth-order valence-corrected chi connectivity index (χ4v) is 5.61. The van der Waals surface area contributed by atoms with Crippen LogP contribution in [0, 0.1) is 13.8 Å². The Morgan fingerprint density at radius 1 is 1.17 bits per heavy atom. The first-order valence-electron chi connectivity index (χ1n) is 12.4. The van der Waals surface area contributed by atoms with Gasteiger partial charge in [-0.2, -0.15) is 0 Å². The third-order valence-electron chi connectivity index (χ3n) is 7.52. The van der Waals surface area contributed by atoms with Gasteiger partial charge < -0.3 is 14.6 Å². The van der Waals surface area contributed by atoms with E-state index < -0.39 is 6.04 Å². The van der Waals surface area contributed by atoms with Crippen LogP contribution in [0.5, 0.6) is 0 Å². The molecule has 8 nitrogen and oxygen atoms in total. The lowest BCUT2D eigenvalue weighted by Gasteiger charge is -2.33. The molecule has 4 heterocycles. The summed E-state index contributed by atoms with van der Waals surface area (Å²) in [5.74, 6) is 0.665. The fourth-order valence-electron chi connectivity index (χ4n) is 5.61. The highest BCUT2D eigenvalue weighted by atomic mass is 16.5. The number of nitrogens with one attached hydrogen (secondary N) is 1. The smallest absolute Gasteiger partial charge is 0.254 e. The first kappa shape index (κ1) is 22.0. The largest absolute Gasteiger partial charge is 0.376 e. The summed E-state index contributed by atoms with van der Waals surface area (Å²) in [6.45, 7) is 7.70. The van der Waals surface area contributed by atoms with Crippen molar-refractivity contribution < 1.29 is 4.74 Å². The number of hydrogen-bond donors (Lipinski definition) is 1. The van der Waals surface area contributed by atoms with Crippen LogP contribution in [0.3, 0.4) is 0 Å². The fraction of sp³-hybridized carbons (Fsp3) is 0.407. The van der Waals surface area contributed by atoms with Gasteiger partial charge in [0.05, 0.1) is 12.6 Å². The van der Waals surface area contributed by atoms with Crippen molar-refractivity contribution in [2.24, 2.45) is 0 Å². The molecule has 35 heavy (non-hydrogen) atoms. The number of hydrogen-bond acceptors (Lipinski definition) is 6. The number of para-hydroxylation sites is 1. The number of aryl methyl sites for hydroxylation is 2. The molecule has 0 saturated carbocycles. The van der Waals surface area contributed by atoms with E-state index in [0.717, 1.165) is 48.0 Å². The number of anilines is 1. The van der Waals surface area contributed by atoms with E-state index in [0.29, 0.717) is 17.9 Å². The van der Waals surface area contributed by atoms with Gasteiger partial charge in [-0.3, -0.25) is 4.79 Å². The Balaban J connectivity index is 1.54. The molecule has 1 N–H and O–H groups in total. The van der Waals surface area contributed by atoms with Crippen LogP contribution in [0.2, 0.25) is 0 Å². The average molecular weight is 471 g/mol. The molecule has 8 heteroatoms. The van der Waals surface area contributed by atoms with Gasteiger partial charge in [-0.1, -0.05) is 18.2 Å². The molecular formula is C27H30N6O2. The number of aromatic amines is 1. The maximum atomic E-state index is 13.6. The number of ether oxygens (including phenoxy) is 1. The number of fused-ring (bicyclic) bond motifs is 2. The van der Waals surface area contributed by atoms with E-state index in [1.54, 1.807) is 0 Å². The Morgan fingerprint density at radius 2 is 2.00 bits per heavy atom. The van der Waals surface area contributed by atoms with Crippen molar-refractivity contribution in [3.8, 4) is 0 Å². The van der Waals surface area contributed by atoms with Crippen LogP contribution in [0.25, 0.3) is 10.9 Å². The Labute approximate surface area is 203 Å². The second-order valence-corrected chi connectivity index (χ2v) is 9.92. The van der Waals surface area contributed by atoms with E-state index in [4.69, 9.17) is 4.74 Å². The number of pyridine rings is 1. The minimum Gasteiger partial charge on any atom is -0.376 e. The molecule has 0 radical (unpaired) electrons. The topological polar surface area (TPSA) is 88.9 Å². The average Bonchev–Trinajstić information content (AvgIpc) is 3.58. The van der Waals surface area contributed by atoms with E-state index in [9.17, 15) is 4.79 Å². The second-order valence-electron chi connectivity index (χ2n) is 9.92. The van der Waals surface area contributed by atoms with E-state index in [1.165, 1.54) is 11.1 Å². The Morgan fingerprint density at radius 3 is 2.83 bits per heavy atom. The van der Waals surface area contributed by atoms with Gasteiger partial charge in [0.15, 0.2) is 5.82 Å². The summed E-state index contributed by atoms with van der Waals surface area (Å²) in [7, 11) is 0. The van der Waals surface area contributed by atoms with Gasteiger partial charge in [0.2, 0.25) is 0 Å². The summed E-state index contributed by atoms with van der Waals surface area (Å²) in [6.07, 6.45) is 3.03. The van der Waals surface area contributed by atoms with Crippen molar-refractivity contribution in [1.82, 2.24) is 25.2 Å². The van der Waals surface area contributed by atoms with Crippen LogP contribution in [0.15, 0.2) is 47.3 Å². The van der Waals surface area contributed by atoms with E-state index in [2.05, 4.69) is 70.4 Å². The van der Waals surface area contributed by atoms with Crippen molar-refractivity contribution in [2.75, 3.05) is 11.5 Å². The highest BCUT2D eigenvalue weighted by molar-refractivity contribution is 5.81. The van der Waals surface area contributed by atoms with Crippen molar-refractivity contribution >= 4 is 16.6 Å². The van der Waals surface area contributed by atoms with Crippen LogP contribution >= 0.6 is 0 Å². The molecule has 4 aromatic rings. The van der Waals surface area contributed by atoms with E-state index in [1.807, 2.05) is 22.9 Å². The minimum atomic E-state index is -0.431. The highest BCUT2D eigenvalue weighted by Crippen LogP contribution is 2.40. The summed E-state index contributed by atoms with van der Waals surface area (Å²) in [6, 6.07) is 14.4. The number of rotatable bonds is 5. The summed E-state index contributed by atoms with van der Waals surface area (Å²) in [4.78, 5) is 19.1. The normalized spacial score (nSPS) is 20.5. The summed E-state index contributed by atoms with van der Waals surface area (Å²) in [5, 5.41) is 13.9. The SMILES string of the molecule is Cc1cc2cc([C@H](c3nnnn3C[C@H]3CCCO3)N3c4ccccc4C[C@H]3C)c(=O)[nH]c2cc1C. The molecule has 3 atom stereocenters. The zero-order chi connectivity index (χ0) is 24.1. The predicted octanol–water partition coefficient (Wildman–Crippen LogP) is 3.85. The van der Waals surface area contributed by atoms with Gasteiger partial charge in [0.25, 0.3) is 5.56 Å². The van der Waals surface area contributed by atoms with Crippen molar-refractivity contribution in [3.05, 3.63) is 80.9 Å². The molecule has 0 aliphatic carbocycles. The van der Waals surface area contributed by atoms with Crippen LogP contribution in [0.1, 0.15) is 53.9 Å². The maximum absolute atomic E-state index is 13.6. The molecule has 6 rings (SSSR count). The van der Waals surface area contributed by atoms with Gasteiger partial charge in [-0.05, 0) is 96.8 Å². The van der Waals surface area contributed by atoms with Gasteiger partial charge in [-0.15, -0.1) is 5.10 Å². The van der Waals surface area contributed by atoms with Gasteiger partial charge in [0.1, 0.15) is 6.04 Å². The van der Waals surface area contributed by atoms with Gasteiger partial charge in [0, 0.05) is 29.4 Å². The lowest BCUT2D eigenvalue weighted by atomic mass is 10.00. The number of benzene rings is 2. The Bertz CT molecular complexity index is 1450. The molecule has 0 amide bonds. The highest BCUT2D eigenvalue weighted by Gasteiger charge is 2.38. The molecule has 2 aliphatic heterocycles. The third-order valence-corrected chi connectivity index (χ3v) is 7.52. The van der Waals surface area contributed by atoms with Crippen LogP contribution in [-0.4, -0.2) is 43.9 Å². The van der Waals surface area contributed by atoms with Crippen LogP contribution in [0.4, 0.5) is 5.69 Å². The van der Waals surface area contributed by atoms with E-state index >= 15 is 0 Å². The van der Waals surface area contributed by atoms with Crippen LogP contribution in [-0.2, 0) is 17.7 Å². The predicted molar refractivity (Wildman–Crippen MR) is 135 cm³/mol. The zero-order valence-electron chi connectivity index (χ0n) is 20.4. The van der Waals surface area contributed by atoms with E-state index in [-0.39, 0.29) is 17.7 Å². The summed E-state index contributed by atoms with van der Waals surface area (Å²) in [5.41, 5.74) is 6.11. The molecule has 1 saturated heterocycles. The molecule has 0 unspecified atom stereocenters. The Kier molecular flexibility index (Phi) is 5.40. The maximum Gasteiger partial charge on any atom is 0.254 e. The monoisotopic (exact) mass is 470 g/mol. The molecular weight excluding hydrogens is 440 g/mol. The molecule has 0 spiro atoms. The quantitative estimate of drug-likeness (QED) is 0.477. The number of tetrazole rings is 1. The van der Waals surface area contributed by atoms with Gasteiger partial charge >= 0.3 is 0 Å². The number of aromatic nitrogens is 5. The van der Waals surface area contributed by atoms with Gasteiger partial charge in [-0.25, -0.2) is 4.68 Å². The molecule has 2 aromatic carbocycles. The first-order valence-corrected chi connectivity index (χ1v) is 12.4. The number of H-pyrrole nitrogens is 1.